The van der Waals surface area contributed by atoms with Crippen molar-refractivity contribution in [1.29, 1.82) is 0 Å². The lowest BCUT2D eigenvalue weighted by Crippen LogP contribution is -2.42. The van der Waals surface area contributed by atoms with Gasteiger partial charge in [-0.15, -0.1) is 35.3 Å². The molecule has 10 heteroatoms. The van der Waals surface area contributed by atoms with E-state index in [1.807, 2.05) is 24.3 Å². The first kappa shape index (κ1) is 20.5. The molecule has 0 saturated heterocycles. The highest BCUT2D eigenvalue weighted by Gasteiger charge is 2.08. The predicted molar refractivity (Wildman–Crippen MR) is 97.9 cm³/mol. The van der Waals surface area contributed by atoms with Crippen molar-refractivity contribution < 1.29 is 8.42 Å². The second-order valence-corrected chi connectivity index (χ2v) is 7.25. The van der Waals surface area contributed by atoms with E-state index in [0.29, 0.717) is 25.6 Å². The first-order valence-electron chi connectivity index (χ1n) is 6.09. The van der Waals surface area contributed by atoms with Crippen LogP contribution in [0.3, 0.4) is 0 Å². The Morgan fingerprint density at radius 3 is 2.62 bits per heavy atom. The molecule has 0 unspecified atom stereocenters. The van der Waals surface area contributed by atoms with Gasteiger partial charge in [0.2, 0.25) is 10.0 Å². The molecule has 1 aromatic rings. The highest BCUT2D eigenvalue weighted by Crippen LogP contribution is 2.09. The molecule has 1 heterocycles. The zero-order valence-corrected chi connectivity index (χ0v) is 16.5. The van der Waals surface area contributed by atoms with E-state index in [4.69, 9.17) is 0 Å². The van der Waals surface area contributed by atoms with Gasteiger partial charge in [-0.2, -0.15) is 0 Å². The van der Waals surface area contributed by atoms with Crippen LogP contribution < -0.4 is 10.0 Å². The van der Waals surface area contributed by atoms with Gasteiger partial charge in [-0.1, -0.05) is 0 Å². The third-order valence-electron chi connectivity index (χ3n) is 2.41. The van der Waals surface area contributed by atoms with Gasteiger partial charge >= 0.3 is 0 Å². The second-order valence-electron chi connectivity index (χ2n) is 4.35. The number of nitrogens with zero attached hydrogens (tertiary/aromatic N) is 3. The summed E-state index contributed by atoms with van der Waals surface area (Å²) in [7, 11) is 0.453. The lowest BCUT2D eigenvalue weighted by atomic mass is 10.4. The van der Waals surface area contributed by atoms with Crippen molar-refractivity contribution in [3.8, 4) is 0 Å². The molecule has 0 fully saturated rings. The van der Waals surface area contributed by atoms with Crippen LogP contribution in [0.15, 0.2) is 10.4 Å². The van der Waals surface area contributed by atoms with E-state index in [2.05, 4.69) is 20.0 Å². The summed E-state index contributed by atoms with van der Waals surface area (Å²) >= 11 is 1.62. The number of aliphatic imine (C=N–C) groups is 1. The highest BCUT2D eigenvalue weighted by atomic mass is 127. The van der Waals surface area contributed by atoms with E-state index in [1.165, 1.54) is 0 Å². The first-order chi connectivity index (χ1) is 9.31. The Hall–Kier alpha value is -0.460. The third-order valence-corrected chi connectivity index (χ3v) is 3.96. The van der Waals surface area contributed by atoms with Crippen molar-refractivity contribution in [2.45, 2.75) is 13.5 Å². The summed E-state index contributed by atoms with van der Waals surface area (Å²) in [4.78, 5) is 10.5. The zero-order valence-electron chi connectivity index (χ0n) is 12.6. The minimum atomic E-state index is -3.15. The maximum Gasteiger partial charge on any atom is 0.208 e. The molecule has 2 N–H and O–H groups in total. The van der Waals surface area contributed by atoms with Gasteiger partial charge in [-0.3, -0.25) is 4.99 Å². The number of hydrogen-bond donors (Lipinski definition) is 2. The number of aromatic nitrogens is 1. The molecule has 0 radical (unpaired) electrons. The van der Waals surface area contributed by atoms with Gasteiger partial charge in [-0.25, -0.2) is 18.1 Å². The van der Waals surface area contributed by atoms with Crippen molar-refractivity contribution in [1.82, 2.24) is 19.9 Å². The Labute approximate surface area is 147 Å². The zero-order chi connectivity index (χ0) is 15.2. The van der Waals surface area contributed by atoms with Crippen molar-refractivity contribution in [3.05, 3.63) is 16.1 Å². The van der Waals surface area contributed by atoms with Gasteiger partial charge in [0.15, 0.2) is 5.96 Å². The molecule has 0 amide bonds. The number of nitrogens with one attached hydrogen (secondary N) is 2. The molecule has 0 aromatic carbocycles. The second kappa shape index (κ2) is 9.54. The highest BCUT2D eigenvalue weighted by molar-refractivity contribution is 14.0. The third kappa shape index (κ3) is 8.53. The summed E-state index contributed by atoms with van der Waals surface area (Å²) < 4.78 is 24.3. The number of sulfonamides is 1. The molecule has 0 atom stereocenters. The number of guanidine groups is 1. The molecule has 0 aliphatic rings. The molecule has 122 valence electrons. The minimum absolute atomic E-state index is 0. The normalized spacial score (nSPS) is 11.9. The lowest BCUT2D eigenvalue weighted by molar-refractivity contribution is 0.471. The molecule has 0 aliphatic carbocycles. The summed E-state index contributed by atoms with van der Waals surface area (Å²) in [5.74, 6) is 0.700. The number of hydrogen-bond acceptors (Lipinski definition) is 5. The molecular formula is C11H22IN5O2S2. The van der Waals surface area contributed by atoms with Crippen molar-refractivity contribution in [3.63, 3.8) is 0 Å². The van der Waals surface area contributed by atoms with Crippen LogP contribution in [-0.2, 0) is 16.6 Å². The van der Waals surface area contributed by atoms with Gasteiger partial charge in [0.25, 0.3) is 0 Å². The van der Waals surface area contributed by atoms with Gasteiger partial charge in [-0.05, 0) is 6.92 Å². The summed E-state index contributed by atoms with van der Waals surface area (Å²) in [6, 6.07) is 0. The fourth-order valence-corrected chi connectivity index (χ4v) is 2.67. The van der Waals surface area contributed by atoms with Crippen molar-refractivity contribution >= 4 is 51.3 Å². The largest absolute Gasteiger partial charge is 0.355 e. The van der Waals surface area contributed by atoms with Crippen LogP contribution in [0.1, 0.15) is 10.7 Å². The number of halogens is 1. The molecule has 7 nitrogen and oxygen atoms in total. The Bertz CT molecular complexity index is 559. The fraction of sp³-hybridized carbons (Fsp3) is 0.636. The topological polar surface area (TPSA) is 86.7 Å². The van der Waals surface area contributed by atoms with Crippen LogP contribution in [-0.4, -0.2) is 57.7 Å². The maximum atomic E-state index is 10.9. The van der Waals surface area contributed by atoms with Crippen molar-refractivity contribution in [2.24, 2.45) is 4.99 Å². The number of thiazole rings is 1. The number of aryl methyl sites for hydroxylation is 1. The van der Waals surface area contributed by atoms with E-state index in [-0.39, 0.29) is 24.0 Å². The van der Waals surface area contributed by atoms with Gasteiger partial charge < -0.3 is 10.2 Å². The van der Waals surface area contributed by atoms with E-state index < -0.39 is 10.0 Å². The van der Waals surface area contributed by atoms with E-state index in [9.17, 15) is 8.42 Å². The molecule has 21 heavy (non-hydrogen) atoms. The molecule has 1 aromatic heterocycles. The fourth-order valence-electron chi connectivity index (χ4n) is 1.59. The van der Waals surface area contributed by atoms with Crippen LogP contribution >= 0.6 is 35.3 Å². The number of rotatable bonds is 6. The predicted octanol–water partition coefficient (Wildman–Crippen LogP) is 0.626. The Morgan fingerprint density at radius 1 is 1.48 bits per heavy atom. The van der Waals surface area contributed by atoms with Crippen LogP contribution in [0, 0.1) is 6.92 Å². The molecule has 1 rings (SSSR count). The summed E-state index contributed by atoms with van der Waals surface area (Å²) in [5.41, 5.74) is 0.993. The molecule has 0 spiro atoms. The van der Waals surface area contributed by atoms with Crippen LogP contribution in [0.5, 0.6) is 0 Å². The van der Waals surface area contributed by atoms with Crippen LogP contribution in [0.2, 0.25) is 0 Å². The van der Waals surface area contributed by atoms with Gasteiger partial charge in [0.05, 0.1) is 23.5 Å². The average molecular weight is 447 g/mol. The van der Waals surface area contributed by atoms with E-state index >= 15 is 0 Å². The standard InChI is InChI=1S/C11H21N5O2S2.HI/c1-9-15-10(8-19-9)7-16(3)11(12-2)13-5-6-14-20(4,17)18;/h8,14H,5-7H2,1-4H3,(H,12,13);1H. The Balaban J connectivity index is 0.00000400. The SMILES string of the molecule is CN=C(NCCNS(C)(=O)=O)N(C)Cc1csc(C)n1.I. The smallest absolute Gasteiger partial charge is 0.208 e. The molecular weight excluding hydrogens is 425 g/mol. The maximum absolute atomic E-state index is 10.9. The molecule has 0 saturated carbocycles. The average Bonchev–Trinajstić information content (AvgIpc) is 2.73. The van der Waals surface area contributed by atoms with E-state index in [0.717, 1.165) is 17.0 Å². The summed E-state index contributed by atoms with van der Waals surface area (Å²) in [6.07, 6.45) is 1.14. The van der Waals surface area contributed by atoms with Gasteiger partial charge in [0.1, 0.15) is 0 Å². The summed E-state index contributed by atoms with van der Waals surface area (Å²) in [6.45, 7) is 3.42. The minimum Gasteiger partial charge on any atom is -0.355 e. The molecule has 0 aliphatic heterocycles. The first-order valence-corrected chi connectivity index (χ1v) is 8.86. The van der Waals surface area contributed by atoms with E-state index in [1.54, 1.807) is 18.4 Å². The summed E-state index contributed by atoms with van der Waals surface area (Å²) in [5, 5.41) is 6.15. The lowest BCUT2D eigenvalue weighted by Gasteiger charge is -2.21. The Morgan fingerprint density at radius 2 is 2.14 bits per heavy atom. The van der Waals surface area contributed by atoms with Crippen LogP contribution in [0.25, 0.3) is 0 Å². The monoisotopic (exact) mass is 447 g/mol. The molecule has 0 bridgehead atoms. The van der Waals surface area contributed by atoms with Crippen molar-refractivity contribution in [2.75, 3.05) is 33.4 Å². The van der Waals surface area contributed by atoms with Gasteiger partial charge in [0, 0.05) is 32.6 Å². The Kier molecular flexibility index (Phi) is 9.33. The quantitative estimate of drug-likeness (QED) is 0.289. The van der Waals surface area contributed by atoms with Crippen LogP contribution in [0.4, 0.5) is 0 Å².